The maximum atomic E-state index is 14.1. The summed E-state index contributed by atoms with van der Waals surface area (Å²) in [5.41, 5.74) is 1.86. The number of pyridine rings is 1. The molecule has 42 heavy (non-hydrogen) atoms. The number of ether oxygens (including phenoxy) is 3. The number of carbonyl (C=O) groups is 2. The predicted octanol–water partition coefficient (Wildman–Crippen LogP) is 5.86. The van der Waals surface area contributed by atoms with Gasteiger partial charge in [-0.15, -0.1) is 6.58 Å². The fraction of sp³-hybridized carbons (Fsp3) is 0.441. The number of nitrogens with one attached hydrogen (secondary N) is 1. The number of piperidine rings is 3. The van der Waals surface area contributed by atoms with Gasteiger partial charge < -0.3 is 19.5 Å². The van der Waals surface area contributed by atoms with Crippen molar-refractivity contribution in [3.8, 4) is 5.75 Å². The summed E-state index contributed by atoms with van der Waals surface area (Å²) in [4.78, 5) is 33.9. The molecule has 3 aromatic rings. The van der Waals surface area contributed by atoms with E-state index in [2.05, 4.69) is 27.9 Å². The van der Waals surface area contributed by atoms with E-state index in [-0.39, 0.29) is 12.5 Å². The number of methoxy groups -OCH3 is 1. The molecule has 0 saturated carbocycles. The van der Waals surface area contributed by atoms with Crippen molar-refractivity contribution in [2.45, 2.75) is 63.8 Å². The lowest BCUT2D eigenvalue weighted by Gasteiger charge is -2.51. The number of benzene rings is 2. The van der Waals surface area contributed by atoms with Gasteiger partial charge in [-0.1, -0.05) is 36.4 Å². The number of amides is 1. The van der Waals surface area contributed by atoms with Gasteiger partial charge in [0, 0.05) is 30.1 Å². The van der Waals surface area contributed by atoms with E-state index >= 15 is 0 Å². The molecular formula is C34H41N3O5. The van der Waals surface area contributed by atoms with Crippen LogP contribution in [0.5, 0.6) is 5.75 Å². The van der Waals surface area contributed by atoms with Gasteiger partial charge in [0.05, 0.1) is 18.7 Å². The first-order valence-corrected chi connectivity index (χ1v) is 14.7. The van der Waals surface area contributed by atoms with E-state index < -0.39 is 29.8 Å². The highest BCUT2D eigenvalue weighted by atomic mass is 16.6. The smallest absolute Gasteiger partial charge is 0.408 e. The number of carbonyl (C=O) groups excluding carboxylic acids is 2. The van der Waals surface area contributed by atoms with Crippen molar-refractivity contribution in [2.75, 3.05) is 20.2 Å². The summed E-state index contributed by atoms with van der Waals surface area (Å²) < 4.78 is 17.5. The van der Waals surface area contributed by atoms with Crippen LogP contribution < -0.4 is 10.1 Å². The first-order chi connectivity index (χ1) is 20.1. The van der Waals surface area contributed by atoms with Crippen molar-refractivity contribution in [1.29, 1.82) is 0 Å². The quantitative estimate of drug-likeness (QED) is 0.254. The standard InChI is InChI=1S/C34H41N3O5/c1-6-23-21-37-17-15-24(23)19-30(37)31(26-14-16-35-28-13-12-25(40-5)20-27(26)28)41-32(38)29(18-22-10-8-7-9-11-22)36-33(39)42-34(2,3)4/h6-14,16,20,23-24,29-31H,1,15,17-19,21H2,2-5H3,(H,36,39)/t23?,24-,29-,30?,31+/m0/s1. The van der Waals surface area contributed by atoms with Crippen molar-refractivity contribution in [1.82, 2.24) is 15.2 Å². The Bertz CT molecular complexity index is 1420. The molecule has 6 atom stereocenters. The molecule has 2 aromatic carbocycles. The van der Waals surface area contributed by atoms with E-state index in [9.17, 15) is 9.59 Å². The third-order valence-electron chi connectivity index (χ3n) is 8.29. The second-order valence-electron chi connectivity index (χ2n) is 12.3. The lowest BCUT2D eigenvalue weighted by Crippen LogP contribution is -2.56. The zero-order chi connectivity index (χ0) is 29.9. The lowest BCUT2D eigenvalue weighted by atomic mass is 9.73. The first kappa shape index (κ1) is 29.6. The molecule has 1 N–H and O–H groups in total. The Balaban J connectivity index is 1.51. The second kappa shape index (κ2) is 12.5. The van der Waals surface area contributed by atoms with Crippen molar-refractivity contribution < 1.29 is 23.8 Å². The highest BCUT2D eigenvalue weighted by Crippen LogP contribution is 2.44. The van der Waals surface area contributed by atoms with Gasteiger partial charge in [0.25, 0.3) is 0 Å². The first-order valence-electron chi connectivity index (χ1n) is 14.7. The average Bonchev–Trinajstić information content (AvgIpc) is 2.98. The molecule has 222 valence electrons. The molecule has 6 rings (SSSR count). The summed E-state index contributed by atoms with van der Waals surface area (Å²) in [7, 11) is 1.63. The van der Waals surface area contributed by atoms with Gasteiger partial charge in [-0.05, 0) is 81.8 Å². The van der Waals surface area contributed by atoms with Crippen molar-refractivity contribution in [3.05, 3.63) is 84.6 Å². The van der Waals surface area contributed by atoms with Gasteiger partial charge in [-0.2, -0.15) is 0 Å². The lowest BCUT2D eigenvalue weighted by molar-refractivity contribution is -0.159. The van der Waals surface area contributed by atoms with Crippen molar-refractivity contribution in [2.24, 2.45) is 11.8 Å². The highest BCUT2D eigenvalue weighted by Gasteiger charge is 2.45. The Labute approximate surface area is 248 Å². The fourth-order valence-corrected chi connectivity index (χ4v) is 6.26. The molecular weight excluding hydrogens is 530 g/mol. The zero-order valence-corrected chi connectivity index (χ0v) is 24.9. The molecule has 3 aliphatic heterocycles. The van der Waals surface area contributed by atoms with Gasteiger partial charge in [0.15, 0.2) is 0 Å². The molecule has 1 aromatic heterocycles. The van der Waals surface area contributed by atoms with Gasteiger partial charge in [0.1, 0.15) is 23.5 Å². The van der Waals surface area contributed by atoms with E-state index in [1.54, 1.807) is 34.1 Å². The van der Waals surface area contributed by atoms with E-state index in [1.807, 2.05) is 54.6 Å². The van der Waals surface area contributed by atoms with Crippen LogP contribution in [0.15, 0.2) is 73.4 Å². The number of hydrogen-bond donors (Lipinski definition) is 1. The Kier molecular flexibility index (Phi) is 8.82. The van der Waals surface area contributed by atoms with E-state index in [4.69, 9.17) is 14.2 Å². The van der Waals surface area contributed by atoms with Crippen LogP contribution in [0.4, 0.5) is 4.79 Å². The molecule has 8 heteroatoms. The van der Waals surface area contributed by atoms with Crippen molar-refractivity contribution >= 4 is 23.0 Å². The Hall–Kier alpha value is -3.91. The van der Waals surface area contributed by atoms with Crippen LogP contribution in [0.1, 0.15) is 50.8 Å². The van der Waals surface area contributed by atoms with Crippen LogP contribution >= 0.6 is 0 Å². The molecule has 3 aliphatic rings. The van der Waals surface area contributed by atoms with E-state index in [0.29, 0.717) is 17.6 Å². The number of rotatable bonds is 9. The summed E-state index contributed by atoms with van der Waals surface area (Å²) in [6.45, 7) is 11.3. The highest BCUT2D eigenvalue weighted by molar-refractivity contribution is 5.85. The van der Waals surface area contributed by atoms with E-state index in [0.717, 1.165) is 48.0 Å². The zero-order valence-electron chi connectivity index (χ0n) is 24.9. The Morgan fingerprint density at radius 2 is 1.95 bits per heavy atom. The monoisotopic (exact) mass is 571 g/mol. The maximum Gasteiger partial charge on any atom is 0.408 e. The Morgan fingerprint density at radius 1 is 1.17 bits per heavy atom. The van der Waals surface area contributed by atoms with Crippen molar-refractivity contribution in [3.63, 3.8) is 0 Å². The minimum atomic E-state index is -0.941. The molecule has 0 aliphatic carbocycles. The molecule has 3 saturated heterocycles. The number of esters is 1. The molecule has 1 amide bonds. The third kappa shape index (κ3) is 6.76. The minimum Gasteiger partial charge on any atom is -0.497 e. The number of hydrogen-bond acceptors (Lipinski definition) is 7. The van der Waals surface area contributed by atoms with Crippen LogP contribution in [0.3, 0.4) is 0 Å². The molecule has 8 nitrogen and oxygen atoms in total. The summed E-state index contributed by atoms with van der Waals surface area (Å²) in [6.07, 6.45) is 4.82. The minimum absolute atomic E-state index is 0.0281. The normalized spacial score (nSPS) is 23.0. The van der Waals surface area contributed by atoms with E-state index in [1.165, 1.54) is 0 Å². The van der Waals surface area contributed by atoms with Crippen LogP contribution in [0, 0.1) is 11.8 Å². The van der Waals surface area contributed by atoms with Gasteiger partial charge in [-0.25, -0.2) is 9.59 Å². The van der Waals surface area contributed by atoms with Gasteiger partial charge in [0.2, 0.25) is 0 Å². The van der Waals surface area contributed by atoms with Crippen LogP contribution in [0.25, 0.3) is 10.9 Å². The number of fused-ring (bicyclic) bond motifs is 4. The SMILES string of the molecule is C=CC1CN2CC[C@H]1CC2[C@H](OC(=O)[C@H](Cc1ccccc1)NC(=O)OC(C)(C)C)c1ccnc2ccc(OC)cc12. The van der Waals surface area contributed by atoms with Gasteiger partial charge in [-0.3, -0.25) is 9.88 Å². The Morgan fingerprint density at radius 3 is 2.62 bits per heavy atom. The summed E-state index contributed by atoms with van der Waals surface area (Å²) in [6, 6.07) is 16.3. The van der Waals surface area contributed by atoms with Gasteiger partial charge >= 0.3 is 12.1 Å². The topological polar surface area (TPSA) is 90.0 Å². The average molecular weight is 572 g/mol. The molecule has 0 spiro atoms. The second-order valence-corrected chi connectivity index (χ2v) is 12.3. The molecule has 3 fully saturated rings. The summed E-state index contributed by atoms with van der Waals surface area (Å²) >= 11 is 0. The summed E-state index contributed by atoms with van der Waals surface area (Å²) in [5.74, 6) is 1.08. The fourth-order valence-electron chi connectivity index (χ4n) is 6.26. The molecule has 3 unspecified atom stereocenters. The third-order valence-corrected chi connectivity index (χ3v) is 8.29. The molecule has 2 bridgehead atoms. The maximum absolute atomic E-state index is 14.1. The number of alkyl carbamates (subject to hydrolysis) is 1. The summed E-state index contributed by atoms with van der Waals surface area (Å²) in [5, 5.41) is 3.66. The van der Waals surface area contributed by atoms with Crippen LogP contribution in [-0.2, 0) is 20.7 Å². The predicted molar refractivity (Wildman–Crippen MR) is 162 cm³/mol. The van der Waals surface area contributed by atoms with Crippen LogP contribution in [-0.4, -0.2) is 59.8 Å². The number of aromatic nitrogens is 1. The number of nitrogens with zero attached hydrogens (tertiary/aromatic N) is 2. The largest absolute Gasteiger partial charge is 0.497 e. The molecule has 0 radical (unpaired) electrons. The molecule has 4 heterocycles. The van der Waals surface area contributed by atoms with Crippen LogP contribution in [0.2, 0.25) is 0 Å².